The van der Waals surface area contributed by atoms with E-state index >= 15 is 0 Å². The number of pyridine rings is 1. The van der Waals surface area contributed by atoms with Crippen LogP contribution in [-0.4, -0.2) is 23.9 Å². The Hall–Kier alpha value is -1.52. The number of aromatic nitrogens is 1. The molecule has 0 aliphatic carbocycles. The maximum absolute atomic E-state index is 5.65. The number of hydrogen-bond donors (Lipinski definition) is 1. The molecule has 0 amide bonds. The molecule has 2 N–H and O–H groups in total. The first-order valence-electron chi connectivity index (χ1n) is 6.34. The minimum atomic E-state index is 0.626. The summed E-state index contributed by atoms with van der Waals surface area (Å²) in [6.45, 7) is 1.30. The Labute approximate surface area is 118 Å². The summed E-state index contributed by atoms with van der Waals surface area (Å²) in [5.74, 6) is 1.74. The molecule has 0 aliphatic heterocycles. The second-order valence-electron chi connectivity index (χ2n) is 4.03. The summed E-state index contributed by atoms with van der Waals surface area (Å²) in [6, 6.07) is 14.2. The number of nitrogens with two attached hydrogens (primary N) is 1. The molecule has 2 rings (SSSR count). The van der Waals surface area contributed by atoms with Gasteiger partial charge in [0, 0.05) is 22.8 Å². The second-order valence-corrected chi connectivity index (χ2v) is 5.20. The Morgan fingerprint density at radius 1 is 1.11 bits per heavy atom. The van der Waals surface area contributed by atoms with E-state index in [1.807, 2.05) is 30.3 Å². The monoisotopic (exact) mass is 274 g/mol. The van der Waals surface area contributed by atoms with E-state index in [0.717, 1.165) is 23.6 Å². The topological polar surface area (TPSA) is 48.1 Å². The molecule has 0 radical (unpaired) electrons. The Morgan fingerprint density at radius 3 is 2.63 bits per heavy atom. The van der Waals surface area contributed by atoms with Gasteiger partial charge in [-0.05, 0) is 30.8 Å². The number of rotatable bonds is 7. The first-order chi connectivity index (χ1) is 9.38. The Balaban J connectivity index is 1.70. The van der Waals surface area contributed by atoms with Gasteiger partial charge in [-0.25, -0.2) is 0 Å². The first kappa shape index (κ1) is 13.9. The van der Waals surface area contributed by atoms with Gasteiger partial charge in [0.2, 0.25) is 0 Å². The molecular weight excluding hydrogens is 256 g/mol. The Kier molecular flexibility index (Phi) is 5.72. The maximum atomic E-state index is 5.65. The van der Waals surface area contributed by atoms with Crippen molar-refractivity contribution in [2.45, 2.75) is 11.3 Å². The smallest absolute Gasteiger partial charge is 0.137 e. The third-order valence-electron chi connectivity index (χ3n) is 2.56. The molecule has 19 heavy (non-hydrogen) atoms. The molecule has 1 aromatic heterocycles. The minimum absolute atomic E-state index is 0.626. The van der Waals surface area contributed by atoms with Gasteiger partial charge in [0.05, 0.1) is 12.8 Å². The molecule has 0 atom stereocenters. The van der Waals surface area contributed by atoms with E-state index in [0.29, 0.717) is 13.2 Å². The molecule has 0 saturated heterocycles. The first-order valence-corrected chi connectivity index (χ1v) is 7.32. The van der Waals surface area contributed by atoms with Crippen molar-refractivity contribution in [1.82, 2.24) is 4.98 Å². The number of nitrogens with zero attached hydrogens (tertiary/aromatic N) is 1. The van der Waals surface area contributed by atoms with Crippen LogP contribution < -0.4 is 10.5 Å². The van der Waals surface area contributed by atoms with Gasteiger partial charge in [-0.3, -0.25) is 4.98 Å². The molecule has 0 saturated carbocycles. The summed E-state index contributed by atoms with van der Waals surface area (Å²) in [7, 11) is 0. The normalized spacial score (nSPS) is 10.4. The fourth-order valence-corrected chi connectivity index (χ4v) is 2.38. The summed E-state index contributed by atoms with van der Waals surface area (Å²) in [4.78, 5) is 5.56. The highest BCUT2D eigenvalue weighted by Gasteiger charge is 1.97. The fourth-order valence-electron chi connectivity index (χ4n) is 1.63. The quantitative estimate of drug-likeness (QED) is 0.623. The summed E-state index contributed by atoms with van der Waals surface area (Å²) < 4.78 is 5.65. The van der Waals surface area contributed by atoms with Crippen molar-refractivity contribution >= 4 is 11.8 Å². The van der Waals surface area contributed by atoms with Gasteiger partial charge in [-0.1, -0.05) is 18.2 Å². The van der Waals surface area contributed by atoms with E-state index in [2.05, 4.69) is 17.1 Å². The molecule has 0 bridgehead atoms. The van der Waals surface area contributed by atoms with Crippen molar-refractivity contribution in [3.8, 4) is 5.75 Å². The number of hydrogen-bond acceptors (Lipinski definition) is 4. The van der Waals surface area contributed by atoms with E-state index in [4.69, 9.17) is 10.5 Å². The van der Waals surface area contributed by atoms with Gasteiger partial charge in [-0.15, -0.1) is 11.8 Å². The van der Waals surface area contributed by atoms with Gasteiger partial charge < -0.3 is 10.5 Å². The van der Waals surface area contributed by atoms with Crippen LogP contribution in [-0.2, 0) is 6.42 Å². The zero-order valence-electron chi connectivity index (χ0n) is 10.8. The zero-order valence-corrected chi connectivity index (χ0v) is 11.6. The predicted octanol–water partition coefficient (Wildman–Crippen LogP) is 2.75. The van der Waals surface area contributed by atoms with Gasteiger partial charge in [0.1, 0.15) is 5.75 Å². The average molecular weight is 274 g/mol. The molecule has 1 heterocycles. The van der Waals surface area contributed by atoms with Crippen LogP contribution in [0.5, 0.6) is 5.75 Å². The molecule has 4 heteroatoms. The van der Waals surface area contributed by atoms with Gasteiger partial charge in [0.25, 0.3) is 0 Å². The third-order valence-corrected chi connectivity index (χ3v) is 3.54. The summed E-state index contributed by atoms with van der Waals surface area (Å²) in [6.07, 6.45) is 2.57. The van der Waals surface area contributed by atoms with Crippen LogP contribution in [0.2, 0.25) is 0 Å². The van der Waals surface area contributed by atoms with Crippen LogP contribution in [0.4, 0.5) is 0 Å². The Morgan fingerprint density at radius 2 is 1.95 bits per heavy atom. The van der Waals surface area contributed by atoms with Crippen molar-refractivity contribution in [3.63, 3.8) is 0 Å². The number of benzene rings is 1. The van der Waals surface area contributed by atoms with Crippen molar-refractivity contribution in [2.75, 3.05) is 18.9 Å². The second kappa shape index (κ2) is 7.81. The predicted molar refractivity (Wildman–Crippen MR) is 79.7 cm³/mol. The molecule has 3 nitrogen and oxygen atoms in total. The molecule has 1 aromatic carbocycles. The summed E-state index contributed by atoms with van der Waals surface area (Å²) >= 11 is 1.79. The van der Waals surface area contributed by atoms with E-state index in [-0.39, 0.29) is 0 Å². The molecule has 0 spiro atoms. The molecule has 2 aromatic rings. The van der Waals surface area contributed by atoms with Crippen LogP contribution in [0.3, 0.4) is 0 Å². The van der Waals surface area contributed by atoms with Crippen LogP contribution in [0.15, 0.2) is 53.6 Å². The molecule has 0 fully saturated rings. The van der Waals surface area contributed by atoms with Crippen molar-refractivity contribution in [1.29, 1.82) is 0 Å². The minimum Gasteiger partial charge on any atom is -0.491 e. The van der Waals surface area contributed by atoms with Crippen molar-refractivity contribution < 1.29 is 4.74 Å². The van der Waals surface area contributed by atoms with Crippen LogP contribution in [0.1, 0.15) is 5.69 Å². The van der Waals surface area contributed by atoms with E-state index in [1.165, 1.54) is 4.90 Å². The zero-order chi connectivity index (χ0) is 13.3. The van der Waals surface area contributed by atoms with Crippen LogP contribution in [0, 0.1) is 0 Å². The highest BCUT2D eigenvalue weighted by atomic mass is 32.2. The van der Waals surface area contributed by atoms with Gasteiger partial charge in [-0.2, -0.15) is 0 Å². The Bertz CT molecular complexity index is 473. The van der Waals surface area contributed by atoms with Gasteiger partial charge in [0.15, 0.2) is 0 Å². The number of thioether (sulfide) groups is 1. The lowest BCUT2D eigenvalue weighted by molar-refractivity contribution is 0.342. The highest BCUT2D eigenvalue weighted by molar-refractivity contribution is 7.99. The van der Waals surface area contributed by atoms with E-state index in [1.54, 1.807) is 18.0 Å². The molecule has 0 unspecified atom stereocenters. The van der Waals surface area contributed by atoms with Crippen LogP contribution >= 0.6 is 11.8 Å². The van der Waals surface area contributed by atoms with Crippen molar-refractivity contribution in [3.05, 3.63) is 54.4 Å². The average Bonchev–Trinajstić information content (AvgIpc) is 2.47. The van der Waals surface area contributed by atoms with E-state index in [9.17, 15) is 0 Å². The standard InChI is InChI=1S/C15H18N2OS/c16-9-8-13-6-7-14(12-17-13)18-10-11-19-15-4-2-1-3-5-15/h1-7,12H,8-11,16H2. The molecular formula is C15H18N2OS. The fraction of sp³-hybridized carbons (Fsp3) is 0.267. The molecule has 100 valence electrons. The SMILES string of the molecule is NCCc1ccc(OCCSc2ccccc2)cn1. The number of ether oxygens (including phenoxy) is 1. The lowest BCUT2D eigenvalue weighted by Gasteiger charge is -2.06. The summed E-state index contributed by atoms with van der Waals surface area (Å²) in [5.41, 5.74) is 6.49. The van der Waals surface area contributed by atoms with E-state index < -0.39 is 0 Å². The van der Waals surface area contributed by atoms with Crippen molar-refractivity contribution in [2.24, 2.45) is 5.73 Å². The summed E-state index contributed by atoms with van der Waals surface area (Å²) in [5, 5.41) is 0. The largest absolute Gasteiger partial charge is 0.491 e. The van der Waals surface area contributed by atoms with Crippen LogP contribution in [0.25, 0.3) is 0 Å². The highest BCUT2D eigenvalue weighted by Crippen LogP contribution is 2.17. The third kappa shape index (κ3) is 4.93. The van der Waals surface area contributed by atoms with Gasteiger partial charge >= 0.3 is 0 Å². The lowest BCUT2D eigenvalue weighted by Crippen LogP contribution is -2.05. The molecule has 0 aliphatic rings. The maximum Gasteiger partial charge on any atom is 0.137 e. The lowest BCUT2D eigenvalue weighted by atomic mass is 10.3.